The maximum Gasteiger partial charge on any atom is 0.138 e. The van der Waals surface area contributed by atoms with Crippen LogP contribution in [-0.2, 0) is 7.05 Å². The molecular weight excluding hydrogens is 359 g/mol. The van der Waals surface area contributed by atoms with Gasteiger partial charge in [-0.2, -0.15) is 5.10 Å². The predicted octanol–water partition coefficient (Wildman–Crippen LogP) is 2.71. The molecular formula is C12H13IN4S. The zero-order valence-corrected chi connectivity index (χ0v) is 13.0. The molecule has 6 heteroatoms. The second-order valence-corrected chi connectivity index (χ2v) is 5.50. The fourth-order valence-corrected chi connectivity index (χ4v) is 2.55. The van der Waals surface area contributed by atoms with Crippen LogP contribution in [0.4, 0.5) is 11.5 Å². The van der Waals surface area contributed by atoms with Crippen LogP contribution in [0.5, 0.6) is 0 Å². The van der Waals surface area contributed by atoms with Crippen molar-refractivity contribution in [1.29, 1.82) is 0 Å². The van der Waals surface area contributed by atoms with Crippen LogP contribution in [0, 0.1) is 10.5 Å². The Hall–Kier alpha value is -1.15. The van der Waals surface area contributed by atoms with Crippen LogP contribution in [-0.4, -0.2) is 14.8 Å². The highest BCUT2D eigenvalue weighted by atomic mass is 127. The lowest BCUT2D eigenvalue weighted by molar-refractivity contribution is 0.765. The normalized spacial score (nSPS) is 10.4. The number of thiocarbonyl (C=S) groups is 1. The number of para-hydroxylation sites is 1. The highest BCUT2D eigenvalue weighted by Gasteiger charge is 2.16. The fourth-order valence-electron chi connectivity index (χ4n) is 1.79. The molecule has 0 atom stereocenters. The number of hydrogen-bond acceptors (Lipinski definition) is 3. The Labute approximate surface area is 125 Å². The molecule has 18 heavy (non-hydrogen) atoms. The smallest absolute Gasteiger partial charge is 0.138 e. The molecule has 1 heterocycles. The van der Waals surface area contributed by atoms with Gasteiger partial charge in [0.15, 0.2) is 0 Å². The number of benzene rings is 1. The van der Waals surface area contributed by atoms with Crippen molar-refractivity contribution in [3.63, 3.8) is 0 Å². The van der Waals surface area contributed by atoms with Crippen LogP contribution in [0.2, 0.25) is 0 Å². The summed E-state index contributed by atoms with van der Waals surface area (Å²) in [5.41, 5.74) is 8.40. The zero-order chi connectivity index (χ0) is 13.3. The van der Waals surface area contributed by atoms with Gasteiger partial charge in [0.1, 0.15) is 10.8 Å². The molecule has 1 aromatic carbocycles. The molecule has 0 aliphatic heterocycles. The van der Waals surface area contributed by atoms with Crippen molar-refractivity contribution >= 4 is 51.3 Å². The molecule has 0 unspecified atom stereocenters. The van der Waals surface area contributed by atoms with E-state index in [1.165, 1.54) is 0 Å². The molecule has 0 saturated carbocycles. The summed E-state index contributed by atoms with van der Waals surface area (Å²) >= 11 is 7.36. The summed E-state index contributed by atoms with van der Waals surface area (Å²) in [6.07, 6.45) is 0. The van der Waals surface area contributed by atoms with E-state index < -0.39 is 0 Å². The summed E-state index contributed by atoms with van der Waals surface area (Å²) in [5.74, 6) is 0.823. The quantitative estimate of drug-likeness (QED) is 0.643. The lowest BCUT2D eigenvalue weighted by Gasteiger charge is -2.10. The van der Waals surface area contributed by atoms with E-state index in [2.05, 4.69) is 33.0 Å². The average Bonchev–Trinajstić information content (AvgIpc) is 2.57. The van der Waals surface area contributed by atoms with Gasteiger partial charge in [-0.25, -0.2) is 0 Å². The number of hydrogen-bond donors (Lipinski definition) is 2. The van der Waals surface area contributed by atoms with Gasteiger partial charge < -0.3 is 11.1 Å². The lowest BCUT2D eigenvalue weighted by Crippen LogP contribution is -2.13. The first-order valence-electron chi connectivity index (χ1n) is 5.35. The number of anilines is 2. The molecule has 0 fully saturated rings. The molecule has 3 N–H and O–H groups in total. The van der Waals surface area contributed by atoms with Crippen molar-refractivity contribution in [2.75, 3.05) is 5.32 Å². The minimum atomic E-state index is 0.356. The van der Waals surface area contributed by atoms with Gasteiger partial charge in [0.05, 0.1) is 16.9 Å². The first-order chi connectivity index (χ1) is 8.50. The Morgan fingerprint density at radius 1 is 1.44 bits per heavy atom. The summed E-state index contributed by atoms with van der Waals surface area (Å²) in [4.78, 5) is 0.356. The second kappa shape index (κ2) is 5.23. The Morgan fingerprint density at radius 2 is 2.11 bits per heavy atom. The van der Waals surface area contributed by atoms with E-state index in [1.54, 1.807) is 4.68 Å². The molecule has 0 amide bonds. The highest BCUT2D eigenvalue weighted by Crippen LogP contribution is 2.26. The maximum absolute atomic E-state index is 5.76. The average molecular weight is 372 g/mol. The maximum atomic E-state index is 5.76. The fraction of sp³-hybridized carbons (Fsp3) is 0.167. The Kier molecular flexibility index (Phi) is 3.86. The van der Waals surface area contributed by atoms with E-state index in [4.69, 9.17) is 18.0 Å². The number of nitrogens with one attached hydrogen (secondary N) is 1. The zero-order valence-electron chi connectivity index (χ0n) is 10.1. The predicted molar refractivity (Wildman–Crippen MR) is 86.3 cm³/mol. The molecule has 0 spiro atoms. The van der Waals surface area contributed by atoms with Crippen LogP contribution in [0.15, 0.2) is 24.3 Å². The van der Waals surface area contributed by atoms with E-state index in [-0.39, 0.29) is 0 Å². The third-order valence-corrected chi connectivity index (χ3v) is 3.74. The molecule has 0 saturated heterocycles. The molecule has 2 aromatic rings. The minimum absolute atomic E-state index is 0.356. The van der Waals surface area contributed by atoms with Gasteiger partial charge in [-0.05, 0) is 41.6 Å². The molecule has 94 valence electrons. The van der Waals surface area contributed by atoms with Gasteiger partial charge in [-0.1, -0.05) is 24.4 Å². The SMILES string of the molecule is Cc1nn(C)c(Nc2ccccc2I)c1C(N)=S. The van der Waals surface area contributed by atoms with E-state index in [0.29, 0.717) is 4.99 Å². The van der Waals surface area contributed by atoms with Crippen LogP contribution in [0.1, 0.15) is 11.3 Å². The van der Waals surface area contributed by atoms with Crippen LogP contribution in [0.25, 0.3) is 0 Å². The molecule has 0 bridgehead atoms. The van der Waals surface area contributed by atoms with Crippen LogP contribution >= 0.6 is 34.8 Å². The summed E-state index contributed by atoms with van der Waals surface area (Å²) < 4.78 is 2.88. The van der Waals surface area contributed by atoms with E-state index in [0.717, 1.165) is 26.3 Å². The van der Waals surface area contributed by atoms with Gasteiger partial charge in [0, 0.05) is 10.6 Å². The van der Waals surface area contributed by atoms with Gasteiger partial charge in [-0.3, -0.25) is 4.68 Å². The molecule has 0 aliphatic rings. The second-order valence-electron chi connectivity index (χ2n) is 3.90. The molecule has 4 nitrogen and oxygen atoms in total. The third-order valence-electron chi connectivity index (χ3n) is 2.60. The number of aryl methyl sites for hydroxylation is 2. The van der Waals surface area contributed by atoms with Crippen molar-refractivity contribution in [3.8, 4) is 0 Å². The first kappa shape index (κ1) is 13.3. The van der Waals surface area contributed by atoms with Crippen molar-refractivity contribution in [2.24, 2.45) is 12.8 Å². The van der Waals surface area contributed by atoms with Gasteiger partial charge >= 0.3 is 0 Å². The van der Waals surface area contributed by atoms with Gasteiger partial charge in [-0.15, -0.1) is 0 Å². The van der Waals surface area contributed by atoms with Crippen molar-refractivity contribution < 1.29 is 0 Å². The standard InChI is InChI=1S/C12H13IN4S/c1-7-10(11(14)18)12(17(2)16-7)15-9-6-4-3-5-8(9)13/h3-6,15H,1-2H3,(H2,14,18). The van der Waals surface area contributed by atoms with Crippen LogP contribution in [0.3, 0.4) is 0 Å². The van der Waals surface area contributed by atoms with Crippen molar-refractivity contribution in [1.82, 2.24) is 9.78 Å². The van der Waals surface area contributed by atoms with Crippen molar-refractivity contribution in [2.45, 2.75) is 6.92 Å². The summed E-state index contributed by atoms with van der Waals surface area (Å²) in [7, 11) is 1.87. The minimum Gasteiger partial charge on any atom is -0.389 e. The summed E-state index contributed by atoms with van der Waals surface area (Å²) in [5, 5.41) is 7.68. The monoisotopic (exact) mass is 372 g/mol. The molecule has 0 radical (unpaired) electrons. The molecule has 1 aromatic heterocycles. The number of halogens is 1. The Balaban J connectivity index is 2.47. The van der Waals surface area contributed by atoms with E-state index in [9.17, 15) is 0 Å². The van der Waals surface area contributed by atoms with Gasteiger partial charge in [0.2, 0.25) is 0 Å². The number of nitrogens with zero attached hydrogens (tertiary/aromatic N) is 2. The Morgan fingerprint density at radius 3 is 2.72 bits per heavy atom. The number of nitrogens with two attached hydrogens (primary N) is 1. The van der Waals surface area contributed by atoms with Crippen molar-refractivity contribution in [3.05, 3.63) is 39.1 Å². The largest absolute Gasteiger partial charge is 0.389 e. The summed E-state index contributed by atoms with van der Waals surface area (Å²) in [6, 6.07) is 8.02. The highest BCUT2D eigenvalue weighted by molar-refractivity contribution is 14.1. The number of aromatic nitrogens is 2. The summed E-state index contributed by atoms with van der Waals surface area (Å²) in [6.45, 7) is 1.90. The number of rotatable bonds is 3. The molecule has 0 aliphatic carbocycles. The first-order valence-corrected chi connectivity index (χ1v) is 6.84. The van der Waals surface area contributed by atoms with Crippen LogP contribution < -0.4 is 11.1 Å². The van der Waals surface area contributed by atoms with E-state index in [1.807, 2.05) is 38.2 Å². The topological polar surface area (TPSA) is 55.9 Å². The lowest BCUT2D eigenvalue weighted by atomic mass is 10.2. The third kappa shape index (κ3) is 2.49. The Bertz CT molecular complexity index is 606. The van der Waals surface area contributed by atoms with Gasteiger partial charge in [0.25, 0.3) is 0 Å². The van der Waals surface area contributed by atoms with E-state index >= 15 is 0 Å². The molecule has 2 rings (SSSR count).